The Labute approximate surface area is 102 Å². The van der Waals surface area contributed by atoms with E-state index in [0.717, 1.165) is 11.8 Å². The third-order valence-electron chi connectivity index (χ3n) is 4.09. The van der Waals surface area contributed by atoms with Crippen LogP contribution in [-0.4, -0.2) is 0 Å². The third kappa shape index (κ3) is 3.23. The molecule has 0 spiro atoms. The molecule has 2 atom stereocenters. The van der Waals surface area contributed by atoms with Gasteiger partial charge in [-0.1, -0.05) is 56.9 Å². The van der Waals surface area contributed by atoms with Crippen molar-refractivity contribution >= 4 is 0 Å². The lowest BCUT2D eigenvalue weighted by atomic mass is 9.78. The van der Waals surface area contributed by atoms with Crippen LogP contribution in [0.2, 0.25) is 0 Å². The number of hydrogen-bond acceptors (Lipinski definition) is 0. The molecule has 0 bridgehead atoms. The zero-order chi connectivity index (χ0) is 12.1. The first-order chi connectivity index (χ1) is 7.60. The van der Waals surface area contributed by atoms with Gasteiger partial charge >= 0.3 is 0 Å². The molecule has 0 saturated carbocycles. The first-order valence-corrected chi connectivity index (χ1v) is 7.00. The molecule has 0 aromatic rings. The Morgan fingerprint density at radius 2 is 2.06 bits per heavy atom. The van der Waals surface area contributed by atoms with Gasteiger partial charge in [-0.25, -0.2) is 0 Å². The van der Waals surface area contributed by atoms with Crippen LogP contribution in [0.3, 0.4) is 0 Å². The van der Waals surface area contributed by atoms with E-state index >= 15 is 0 Å². The molecule has 1 aliphatic carbocycles. The van der Waals surface area contributed by atoms with E-state index in [1.165, 1.54) is 32.1 Å². The minimum absolute atomic E-state index is 0.769. The van der Waals surface area contributed by atoms with E-state index in [0.29, 0.717) is 0 Å². The fourth-order valence-corrected chi connectivity index (χ4v) is 2.71. The van der Waals surface area contributed by atoms with Crippen LogP contribution in [-0.2, 0) is 0 Å². The van der Waals surface area contributed by atoms with Gasteiger partial charge in [0.15, 0.2) is 0 Å². The highest BCUT2D eigenvalue weighted by molar-refractivity contribution is 5.34. The molecule has 2 unspecified atom stereocenters. The van der Waals surface area contributed by atoms with E-state index < -0.39 is 0 Å². The van der Waals surface area contributed by atoms with Crippen molar-refractivity contribution in [2.24, 2.45) is 11.8 Å². The van der Waals surface area contributed by atoms with E-state index in [1.54, 1.807) is 16.7 Å². The summed E-state index contributed by atoms with van der Waals surface area (Å²) in [6, 6.07) is 0. The Bertz CT molecular complexity index is 280. The topological polar surface area (TPSA) is 0 Å². The van der Waals surface area contributed by atoms with Gasteiger partial charge in [0.25, 0.3) is 0 Å². The van der Waals surface area contributed by atoms with Crippen LogP contribution >= 0.6 is 0 Å². The zero-order valence-corrected chi connectivity index (χ0v) is 11.8. The lowest BCUT2D eigenvalue weighted by Crippen LogP contribution is -2.12. The van der Waals surface area contributed by atoms with E-state index in [9.17, 15) is 0 Å². The number of unbranched alkanes of at least 4 members (excludes halogenated alkanes) is 1. The van der Waals surface area contributed by atoms with Crippen LogP contribution in [0.15, 0.2) is 22.8 Å². The molecular formula is C16H28. The number of rotatable bonds is 5. The van der Waals surface area contributed by atoms with Crippen molar-refractivity contribution in [3.8, 4) is 0 Å². The smallest absolute Gasteiger partial charge is 0.0188 e. The van der Waals surface area contributed by atoms with Crippen LogP contribution in [0, 0.1) is 11.8 Å². The van der Waals surface area contributed by atoms with Crippen LogP contribution in [0.25, 0.3) is 0 Å². The van der Waals surface area contributed by atoms with Gasteiger partial charge in [0, 0.05) is 0 Å². The molecule has 92 valence electrons. The molecule has 0 aromatic heterocycles. The molecule has 0 aliphatic heterocycles. The van der Waals surface area contributed by atoms with E-state index in [4.69, 9.17) is 0 Å². The van der Waals surface area contributed by atoms with Gasteiger partial charge in [0.2, 0.25) is 0 Å². The van der Waals surface area contributed by atoms with Crippen molar-refractivity contribution in [1.29, 1.82) is 0 Å². The second kappa shape index (κ2) is 6.27. The summed E-state index contributed by atoms with van der Waals surface area (Å²) in [5, 5.41) is 0. The molecule has 0 heteroatoms. The Kier molecular flexibility index (Phi) is 5.31. The quantitative estimate of drug-likeness (QED) is 0.573. The average molecular weight is 220 g/mol. The van der Waals surface area contributed by atoms with Crippen molar-refractivity contribution < 1.29 is 0 Å². The van der Waals surface area contributed by atoms with Gasteiger partial charge in [-0.2, -0.15) is 0 Å². The van der Waals surface area contributed by atoms with Crippen LogP contribution in [0.1, 0.15) is 66.7 Å². The van der Waals surface area contributed by atoms with Crippen LogP contribution < -0.4 is 0 Å². The monoisotopic (exact) mass is 220 g/mol. The summed E-state index contributed by atoms with van der Waals surface area (Å²) >= 11 is 0. The summed E-state index contributed by atoms with van der Waals surface area (Å²) in [5.41, 5.74) is 4.95. The highest BCUT2D eigenvalue weighted by Crippen LogP contribution is 2.35. The predicted octanol–water partition coefficient (Wildman–Crippen LogP) is 5.51. The molecule has 1 aliphatic rings. The zero-order valence-electron chi connectivity index (χ0n) is 11.8. The van der Waals surface area contributed by atoms with Gasteiger partial charge in [-0.05, 0) is 44.4 Å². The summed E-state index contributed by atoms with van der Waals surface area (Å²) in [4.78, 5) is 0. The van der Waals surface area contributed by atoms with Crippen molar-refractivity contribution in [2.45, 2.75) is 66.7 Å². The van der Waals surface area contributed by atoms with Gasteiger partial charge in [0.05, 0.1) is 0 Å². The molecule has 0 heterocycles. The van der Waals surface area contributed by atoms with E-state index in [2.05, 4.69) is 40.7 Å². The van der Waals surface area contributed by atoms with Crippen molar-refractivity contribution in [2.75, 3.05) is 0 Å². The lowest BCUT2D eigenvalue weighted by molar-refractivity contribution is 0.537. The maximum atomic E-state index is 2.47. The predicted molar refractivity (Wildman–Crippen MR) is 73.5 cm³/mol. The summed E-state index contributed by atoms with van der Waals surface area (Å²) in [7, 11) is 0. The third-order valence-corrected chi connectivity index (χ3v) is 4.09. The second-order valence-corrected chi connectivity index (χ2v) is 5.45. The van der Waals surface area contributed by atoms with Crippen molar-refractivity contribution in [3.63, 3.8) is 0 Å². The van der Waals surface area contributed by atoms with Crippen molar-refractivity contribution in [1.82, 2.24) is 0 Å². The standard InChI is InChI=1S/C16H28/c1-6-8-9-16-13(4)10-15(11-14(16)5)12(3)7-2/h10,12,14H,6-9,11H2,1-5H3. The minimum atomic E-state index is 0.769. The van der Waals surface area contributed by atoms with Gasteiger partial charge in [-0.15, -0.1) is 0 Å². The van der Waals surface area contributed by atoms with Crippen LogP contribution in [0.4, 0.5) is 0 Å². The fourth-order valence-electron chi connectivity index (χ4n) is 2.71. The summed E-state index contributed by atoms with van der Waals surface area (Å²) < 4.78 is 0. The maximum absolute atomic E-state index is 2.47. The van der Waals surface area contributed by atoms with E-state index in [1.807, 2.05) is 0 Å². The van der Waals surface area contributed by atoms with E-state index in [-0.39, 0.29) is 0 Å². The van der Waals surface area contributed by atoms with Gasteiger partial charge < -0.3 is 0 Å². The molecule has 0 nitrogen and oxygen atoms in total. The first-order valence-electron chi connectivity index (χ1n) is 7.00. The average Bonchev–Trinajstić information content (AvgIpc) is 2.26. The largest absolute Gasteiger partial charge is 0.0666 e. The van der Waals surface area contributed by atoms with Gasteiger partial charge in [-0.3, -0.25) is 0 Å². The van der Waals surface area contributed by atoms with Crippen LogP contribution in [0.5, 0.6) is 0 Å². The molecule has 0 aromatic carbocycles. The molecule has 0 amide bonds. The molecule has 16 heavy (non-hydrogen) atoms. The summed E-state index contributed by atoms with van der Waals surface area (Å²) in [5.74, 6) is 1.55. The number of allylic oxidation sites excluding steroid dienone is 4. The fraction of sp³-hybridized carbons (Fsp3) is 0.750. The Morgan fingerprint density at radius 3 is 2.56 bits per heavy atom. The molecular weight excluding hydrogens is 192 g/mol. The number of hydrogen-bond donors (Lipinski definition) is 0. The minimum Gasteiger partial charge on any atom is -0.0666 e. The first kappa shape index (κ1) is 13.5. The Hall–Kier alpha value is -0.520. The Balaban J connectivity index is 2.80. The molecule has 0 radical (unpaired) electrons. The van der Waals surface area contributed by atoms with Crippen molar-refractivity contribution in [3.05, 3.63) is 22.8 Å². The molecule has 0 saturated heterocycles. The van der Waals surface area contributed by atoms with Gasteiger partial charge in [0.1, 0.15) is 0 Å². The Morgan fingerprint density at radius 1 is 1.38 bits per heavy atom. The normalized spacial score (nSPS) is 23.3. The molecule has 0 N–H and O–H groups in total. The molecule has 1 rings (SSSR count). The maximum Gasteiger partial charge on any atom is -0.0188 e. The lowest BCUT2D eigenvalue weighted by Gasteiger charge is -2.27. The highest BCUT2D eigenvalue weighted by Gasteiger charge is 2.20. The SMILES string of the molecule is CCCCC1=C(C)C=C(C(C)CC)CC1C. The molecule has 0 fully saturated rings. The highest BCUT2D eigenvalue weighted by atomic mass is 14.3. The second-order valence-electron chi connectivity index (χ2n) is 5.45. The summed E-state index contributed by atoms with van der Waals surface area (Å²) in [6.07, 6.45) is 9.02. The summed E-state index contributed by atoms with van der Waals surface area (Å²) in [6.45, 7) is 11.7.